The van der Waals surface area contributed by atoms with Crippen molar-refractivity contribution >= 4 is 17.7 Å². The number of non-ortho nitro benzene ring substituents is 1. The molecule has 3 N–H and O–H groups in total. The molecule has 1 aliphatic rings. The fourth-order valence-electron chi connectivity index (χ4n) is 2.39. The molecule has 1 aromatic rings. The Balaban J connectivity index is 1.85. The zero-order valence-corrected chi connectivity index (χ0v) is 11.7. The molecule has 1 aliphatic carbocycles. The van der Waals surface area contributed by atoms with Gasteiger partial charge in [-0.1, -0.05) is 0 Å². The Hall–Kier alpha value is -2.21. The van der Waals surface area contributed by atoms with Crippen molar-refractivity contribution in [2.75, 3.05) is 0 Å². The van der Waals surface area contributed by atoms with Crippen molar-refractivity contribution < 1.29 is 9.72 Å². The molecule has 0 aliphatic heterocycles. The second kappa shape index (κ2) is 6.99. The third-order valence-electron chi connectivity index (χ3n) is 3.65. The van der Waals surface area contributed by atoms with Crippen LogP contribution in [0, 0.1) is 10.1 Å². The summed E-state index contributed by atoms with van der Waals surface area (Å²) in [7, 11) is 0. The summed E-state index contributed by atoms with van der Waals surface area (Å²) in [4.78, 5) is 21.9. The molecule has 2 rings (SSSR count). The van der Waals surface area contributed by atoms with Crippen molar-refractivity contribution in [3.05, 3.63) is 46.0 Å². The number of hydrogen-bond donors (Lipinski definition) is 2. The van der Waals surface area contributed by atoms with E-state index in [2.05, 4.69) is 5.32 Å². The molecule has 1 fully saturated rings. The van der Waals surface area contributed by atoms with Gasteiger partial charge in [-0.2, -0.15) is 0 Å². The van der Waals surface area contributed by atoms with Crippen molar-refractivity contribution in [2.45, 2.75) is 37.8 Å². The van der Waals surface area contributed by atoms with E-state index in [-0.39, 0.29) is 23.7 Å². The number of rotatable bonds is 4. The summed E-state index contributed by atoms with van der Waals surface area (Å²) in [5.41, 5.74) is 6.61. The molecule has 0 atom stereocenters. The van der Waals surface area contributed by atoms with Gasteiger partial charge in [0.2, 0.25) is 5.91 Å². The van der Waals surface area contributed by atoms with Crippen LogP contribution >= 0.6 is 0 Å². The van der Waals surface area contributed by atoms with Crippen LogP contribution in [0.3, 0.4) is 0 Å². The summed E-state index contributed by atoms with van der Waals surface area (Å²) >= 11 is 0. The lowest BCUT2D eigenvalue weighted by Crippen LogP contribution is -2.39. The van der Waals surface area contributed by atoms with Crippen molar-refractivity contribution in [3.8, 4) is 0 Å². The number of nitro groups is 1. The Labute approximate surface area is 123 Å². The molecule has 6 nitrogen and oxygen atoms in total. The first-order valence-corrected chi connectivity index (χ1v) is 7.03. The molecule has 0 saturated heterocycles. The highest BCUT2D eigenvalue weighted by Crippen LogP contribution is 2.17. The van der Waals surface area contributed by atoms with Crippen LogP contribution in [0.15, 0.2) is 30.3 Å². The number of nitrogens with two attached hydrogens (primary N) is 1. The molecular formula is C15H19N3O3. The quantitative estimate of drug-likeness (QED) is 0.503. The molecule has 0 radical (unpaired) electrons. The molecule has 0 bridgehead atoms. The molecular weight excluding hydrogens is 270 g/mol. The van der Waals surface area contributed by atoms with Gasteiger partial charge in [-0.15, -0.1) is 0 Å². The molecule has 0 spiro atoms. The number of benzene rings is 1. The third kappa shape index (κ3) is 4.68. The van der Waals surface area contributed by atoms with Gasteiger partial charge in [-0.3, -0.25) is 14.9 Å². The highest BCUT2D eigenvalue weighted by molar-refractivity contribution is 5.91. The van der Waals surface area contributed by atoms with Gasteiger partial charge in [0.1, 0.15) is 0 Å². The van der Waals surface area contributed by atoms with Crippen molar-refractivity contribution in [3.63, 3.8) is 0 Å². The fraction of sp³-hybridized carbons (Fsp3) is 0.400. The molecule has 0 heterocycles. The maximum absolute atomic E-state index is 11.8. The Morgan fingerprint density at radius 3 is 2.43 bits per heavy atom. The standard InChI is InChI=1S/C15H19N3O3/c16-12-4-6-13(7-5-12)17-15(19)10-3-11-1-8-14(9-2-11)18(20)21/h1-3,8-10,12-13H,4-7,16H2,(H,17,19). The first kappa shape index (κ1) is 15.2. The average molecular weight is 289 g/mol. The van der Waals surface area contributed by atoms with E-state index in [1.165, 1.54) is 18.2 Å². The topological polar surface area (TPSA) is 98.3 Å². The van der Waals surface area contributed by atoms with Gasteiger partial charge >= 0.3 is 0 Å². The number of carbonyl (C=O) groups is 1. The zero-order chi connectivity index (χ0) is 15.2. The minimum atomic E-state index is -0.450. The van der Waals surface area contributed by atoms with Gasteiger partial charge in [0.25, 0.3) is 5.69 Å². The smallest absolute Gasteiger partial charge is 0.269 e. The summed E-state index contributed by atoms with van der Waals surface area (Å²) in [5.74, 6) is -0.145. The summed E-state index contributed by atoms with van der Waals surface area (Å²) < 4.78 is 0. The van der Waals surface area contributed by atoms with E-state index in [9.17, 15) is 14.9 Å². The van der Waals surface area contributed by atoms with E-state index in [4.69, 9.17) is 5.73 Å². The first-order valence-electron chi connectivity index (χ1n) is 7.03. The molecule has 0 unspecified atom stereocenters. The summed E-state index contributed by atoms with van der Waals surface area (Å²) in [6.45, 7) is 0. The second-order valence-electron chi connectivity index (χ2n) is 5.30. The highest BCUT2D eigenvalue weighted by Gasteiger charge is 2.19. The SMILES string of the molecule is NC1CCC(NC(=O)C=Cc2ccc([N+](=O)[O-])cc2)CC1. The van der Waals surface area contributed by atoms with Gasteiger partial charge in [-0.25, -0.2) is 0 Å². The van der Waals surface area contributed by atoms with Gasteiger partial charge in [0.05, 0.1) is 4.92 Å². The van der Waals surface area contributed by atoms with Gasteiger partial charge in [-0.05, 0) is 49.5 Å². The monoisotopic (exact) mass is 289 g/mol. The fourth-order valence-corrected chi connectivity index (χ4v) is 2.39. The second-order valence-corrected chi connectivity index (χ2v) is 5.30. The summed E-state index contributed by atoms with van der Waals surface area (Å²) in [5, 5.41) is 13.5. The van der Waals surface area contributed by atoms with Gasteiger partial charge in [0, 0.05) is 30.3 Å². The van der Waals surface area contributed by atoms with Crippen LogP contribution in [-0.2, 0) is 4.79 Å². The van der Waals surface area contributed by atoms with Crippen LogP contribution in [0.1, 0.15) is 31.2 Å². The van der Waals surface area contributed by atoms with E-state index < -0.39 is 4.92 Å². The van der Waals surface area contributed by atoms with E-state index in [1.54, 1.807) is 18.2 Å². The number of amides is 1. The summed E-state index contributed by atoms with van der Waals surface area (Å²) in [6, 6.07) is 6.51. The maximum Gasteiger partial charge on any atom is 0.269 e. The number of hydrogen-bond acceptors (Lipinski definition) is 4. The molecule has 6 heteroatoms. The minimum Gasteiger partial charge on any atom is -0.350 e. The van der Waals surface area contributed by atoms with Crippen LogP contribution < -0.4 is 11.1 Å². The zero-order valence-electron chi connectivity index (χ0n) is 11.7. The Kier molecular flexibility index (Phi) is 5.05. The minimum absolute atomic E-state index is 0.0372. The first-order chi connectivity index (χ1) is 10.0. The van der Waals surface area contributed by atoms with Gasteiger partial charge in [0.15, 0.2) is 0 Å². The predicted molar refractivity (Wildman–Crippen MR) is 80.5 cm³/mol. The number of nitrogens with one attached hydrogen (secondary N) is 1. The van der Waals surface area contributed by atoms with E-state index in [0.717, 1.165) is 31.2 Å². The molecule has 1 amide bonds. The molecule has 112 valence electrons. The largest absolute Gasteiger partial charge is 0.350 e. The van der Waals surface area contributed by atoms with E-state index in [0.29, 0.717) is 0 Å². The van der Waals surface area contributed by atoms with Crippen LogP contribution in [0.2, 0.25) is 0 Å². The van der Waals surface area contributed by atoms with Crippen LogP contribution in [0.4, 0.5) is 5.69 Å². The number of carbonyl (C=O) groups excluding carboxylic acids is 1. The van der Waals surface area contributed by atoms with Crippen molar-refractivity contribution in [1.29, 1.82) is 0 Å². The van der Waals surface area contributed by atoms with Crippen molar-refractivity contribution in [2.24, 2.45) is 5.73 Å². The summed E-state index contributed by atoms with van der Waals surface area (Å²) in [6.07, 6.45) is 6.81. The predicted octanol–water partition coefficient (Wildman–Crippen LogP) is 1.99. The van der Waals surface area contributed by atoms with Crippen LogP contribution in [0.5, 0.6) is 0 Å². The van der Waals surface area contributed by atoms with Crippen molar-refractivity contribution in [1.82, 2.24) is 5.32 Å². The lowest BCUT2D eigenvalue weighted by Gasteiger charge is -2.26. The Morgan fingerprint density at radius 2 is 1.86 bits per heavy atom. The third-order valence-corrected chi connectivity index (χ3v) is 3.65. The Morgan fingerprint density at radius 1 is 1.24 bits per heavy atom. The Bertz CT molecular complexity index is 532. The number of nitrogens with zero attached hydrogens (tertiary/aromatic N) is 1. The van der Waals surface area contributed by atoms with Crippen LogP contribution in [-0.4, -0.2) is 22.9 Å². The maximum atomic E-state index is 11.8. The normalized spacial score (nSPS) is 22.1. The molecule has 1 aromatic carbocycles. The average Bonchev–Trinajstić information content (AvgIpc) is 2.48. The molecule has 0 aromatic heterocycles. The van der Waals surface area contributed by atoms with E-state index >= 15 is 0 Å². The number of nitro benzene ring substituents is 1. The van der Waals surface area contributed by atoms with E-state index in [1.807, 2.05) is 0 Å². The molecule has 1 saturated carbocycles. The molecule has 21 heavy (non-hydrogen) atoms. The van der Waals surface area contributed by atoms with Crippen LogP contribution in [0.25, 0.3) is 6.08 Å². The van der Waals surface area contributed by atoms with Gasteiger partial charge < -0.3 is 11.1 Å². The highest BCUT2D eigenvalue weighted by atomic mass is 16.6. The lowest BCUT2D eigenvalue weighted by atomic mass is 9.92. The lowest BCUT2D eigenvalue weighted by molar-refractivity contribution is -0.384.